The molecule has 0 aliphatic rings. The molecule has 19 heavy (non-hydrogen) atoms. The molecule has 5 heteroatoms. The maximum Gasteiger partial charge on any atom is 0.312 e. The lowest BCUT2D eigenvalue weighted by Crippen LogP contribution is -2.38. The van der Waals surface area contributed by atoms with Crippen LogP contribution < -0.4 is 0 Å². The van der Waals surface area contributed by atoms with Crippen molar-refractivity contribution in [1.82, 2.24) is 0 Å². The fourth-order valence-corrected chi connectivity index (χ4v) is 2.48. The lowest BCUT2D eigenvalue weighted by molar-refractivity contribution is -0.158. The molecule has 1 N–H and O–H groups in total. The summed E-state index contributed by atoms with van der Waals surface area (Å²) in [4.78, 5) is 11.9. The number of ether oxygens (including phenoxy) is 1. The first-order chi connectivity index (χ1) is 8.84. The highest BCUT2D eigenvalue weighted by Gasteiger charge is 2.40. The van der Waals surface area contributed by atoms with Crippen molar-refractivity contribution >= 4 is 17.6 Å². The highest BCUT2D eigenvalue weighted by atomic mass is 35.5. The number of hydrogen-bond donors (Lipinski definition) is 1. The summed E-state index contributed by atoms with van der Waals surface area (Å²) in [6.45, 7) is 5.19. The van der Waals surface area contributed by atoms with Crippen LogP contribution in [0, 0.1) is 11.7 Å². The van der Waals surface area contributed by atoms with Crippen molar-refractivity contribution < 1.29 is 19.0 Å². The summed E-state index contributed by atoms with van der Waals surface area (Å²) in [5.74, 6) is -1.74. The molecule has 0 saturated carbocycles. The first-order valence-electron chi connectivity index (χ1n) is 6.19. The third-order valence-electron chi connectivity index (χ3n) is 3.13. The molecule has 3 nitrogen and oxygen atoms in total. The minimum absolute atomic E-state index is 0.0905. The van der Waals surface area contributed by atoms with Gasteiger partial charge in [-0.25, -0.2) is 4.39 Å². The number of hydrogen-bond acceptors (Lipinski definition) is 3. The Morgan fingerprint density at radius 2 is 2.16 bits per heavy atom. The Hall–Kier alpha value is -1.13. The lowest BCUT2D eigenvalue weighted by atomic mass is 9.81. The maximum absolute atomic E-state index is 13.0. The molecular formula is C14H18ClFO3. The first-order valence-corrected chi connectivity index (χ1v) is 6.56. The average molecular weight is 289 g/mol. The maximum atomic E-state index is 13.0. The Bertz CT molecular complexity index is 460. The Kier molecular flexibility index (Phi) is 5.32. The van der Waals surface area contributed by atoms with Gasteiger partial charge in [0, 0.05) is 10.6 Å². The van der Waals surface area contributed by atoms with Crippen molar-refractivity contribution in [2.24, 2.45) is 5.92 Å². The van der Waals surface area contributed by atoms with Crippen LogP contribution in [0.5, 0.6) is 0 Å². The highest BCUT2D eigenvalue weighted by Crippen LogP contribution is 2.36. The van der Waals surface area contributed by atoms with Gasteiger partial charge < -0.3 is 9.84 Å². The van der Waals surface area contributed by atoms with Crippen molar-refractivity contribution in [1.29, 1.82) is 0 Å². The Morgan fingerprint density at radius 3 is 2.63 bits per heavy atom. The summed E-state index contributed by atoms with van der Waals surface area (Å²) < 4.78 is 18.0. The molecule has 0 aliphatic carbocycles. The second kappa shape index (κ2) is 6.35. The van der Waals surface area contributed by atoms with E-state index in [1.54, 1.807) is 13.8 Å². The zero-order chi connectivity index (χ0) is 14.6. The quantitative estimate of drug-likeness (QED) is 0.846. The topological polar surface area (TPSA) is 46.5 Å². The summed E-state index contributed by atoms with van der Waals surface area (Å²) in [5.41, 5.74) is -1.19. The molecule has 0 heterocycles. The van der Waals surface area contributed by atoms with Crippen LogP contribution in [0.15, 0.2) is 18.2 Å². The van der Waals surface area contributed by atoms with Crippen LogP contribution in [0.3, 0.4) is 0 Å². The van der Waals surface area contributed by atoms with Crippen LogP contribution in [0.4, 0.5) is 4.39 Å². The van der Waals surface area contributed by atoms with Gasteiger partial charge in [0.05, 0.1) is 12.5 Å². The van der Waals surface area contributed by atoms with Crippen LogP contribution >= 0.6 is 11.6 Å². The van der Waals surface area contributed by atoms with Gasteiger partial charge in [-0.3, -0.25) is 4.79 Å². The van der Waals surface area contributed by atoms with E-state index in [9.17, 15) is 14.3 Å². The number of carbonyl (C=O) groups is 1. The average Bonchev–Trinajstić information content (AvgIpc) is 2.28. The predicted molar refractivity (Wildman–Crippen MR) is 71.4 cm³/mol. The molecule has 1 aromatic rings. The van der Waals surface area contributed by atoms with E-state index < -0.39 is 23.3 Å². The smallest absolute Gasteiger partial charge is 0.312 e. The van der Waals surface area contributed by atoms with E-state index in [-0.39, 0.29) is 11.6 Å². The molecule has 0 spiro atoms. The molecule has 1 aromatic carbocycles. The minimum atomic E-state index is -1.51. The van der Waals surface area contributed by atoms with Crippen LogP contribution in [-0.2, 0) is 15.1 Å². The Labute approximate surface area is 117 Å². The Morgan fingerprint density at radius 1 is 1.53 bits per heavy atom. The second-order valence-corrected chi connectivity index (χ2v) is 4.89. The molecule has 2 unspecified atom stereocenters. The summed E-state index contributed by atoms with van der Waals surface area (Å²) in [5, 5.41) is 10.7. The van der Waals surface area contributed by atoms with Gasteiger partial charge in [0.25, 0.3) is 0 Å². The van der Waals surface area contributed by atoms with Gasteiger partial charge in [0.1, 0.15) is 11.4 Å². The molecule has 0 aromatic heterocycles. The van der Waals surface area contributed by atoms with E-state index in [1.165, 1.54) is 19.1 Å². The van der Waals surface area contributed by atoms with E-state index in [4.69, 9.17) is 16.3 Å². The van der Waals surface area contributed by atoms with Crippen LogP contribution in [0.1, 0.15) is 32.8 Å². The van der Waals surface area contributed by atoms with Gasteiger partial charge in [0.2, 0.25) is 0 Å². The first kappa shape index (κ1) is 15.9. The number of halogens is 2. The highest BCUT2D eigenvalue weighted by molar-refractivity contribution is 6.31. The van der Waals surface area contributed by atoms with Gasteiger partial charge in [-0.05, 0) is 32.4 Å². The largest absolute Gasteiger partial charge is 0.466 e. The van der Waals surface area contributed by atoms with Gasteiger partial charge in [0.15, 0.2) is 0 Å². The van der Waals surface area contributed by atoms with Crippen LogP contribution in [0.25, 0.3) is 0 Å². The zero-order valence-electron chi connectivity index (χ0n) is 11.2. The van der Waals surface area contributed by atoms with Gasteiger partial charge >= 0.3 is 5.97 Å². The standard InChI is InChI=1S/C14H18ClFO3/c1-4-10(13(17)19-5-2)14(3,18)11-7-6-9(16)8-12(11)15/h6-8,10,18H,4-5H2,1-3H3. The molecule has 0 fully saturated rings. The van der Waals surface area contributed by atoms with E-state index in [2.05, 4.69) is 0 Å². The molecule has 0 bridgehead atoms. The number of carbonyl (C=O) groups excluding carboxylic acids is 1. The second-order valence-electron chi connectivity index (χ2n) is 4.48. The zero-order valence-corrected chi connectivity index (χ0v) is 12.0. The van der Waals surface area contributed by atoms with Gasteiger partial charge in [-0.15, -0.1) is 0 Å². The van der Waals surface area contributed by atoms with E-state index in [1.807, 2.05) is 0 Å². The summed E-state index contributed by atoms with van der Waals surface area (Å²) in [7, 11) is 0. The molecule has 2 atom stereocenters. The van der Waals surface area contributed by atoms with E-state index in [0.29, 0.717) is 12.0 Å². The third-order valence-corrected chi connectivity index (χ3v) is 3.45. The molecule has 0 aliphatic heterocycles. The molecular weight excluding hydrogens is 271 g/mol. The predicted octanol–water partition coefficient (Wildman–Crippen LogP) is 3.28. The summed E-state index contributed by atoms with van der Waals surface area (Å²) in [6.07, 6.45) is 0.388. The van der Waals surface area contributed by atoms with Crippen molar-refractivity contribution in [3.63, 3.8) is 0 Å². The SMILES string of the molecule is CCOC(=O)C(CC)C(C)(O)c1ccc(F)cc1Cl. The fraction of sp³-hybridized carbons (Fsp3) is 0.500. The van der Waals surface area contributed by atoms with Crippen molar-refractivity contribution in [2.75, 3.05) is 6.61 Å². The fourth-order valence-electron chi connectivity index (χ4n) is 2.12. The van der Waals surface area contributed by atoms with E-state index in [0.717, 1.165) is 6.07 Å². The van der Waals surface area contributed by atoms with Crippen molar-refractivity contribution in [3.05, 3.63) is 34.6 Å². The van der Waals surface area contributed by atoms with Crippen molar-refractivity contribution in [3.8, 4) is 0 Å². The number of benzene rings is 1. The normalized spacial score (nSPS) is 15.7. The Balaban J connectivity index is 3.15. The van der Waals surface area contributed by atoms with Crippen LogP contribution in [-0.4, -0.2) is 17.7 Å². The molecule has 0 amide bonds. The van der Waals surface area contributed by atoms with Gasteiger partial charge in [-0.1, -0.05) is 24.6 Å². The molecule has 0 saturated heterocycles. The molecule has 106 valence electrons. The summed E-state index contributed by atoms with van der Waals surface area (Å²) in [6, 6.07) is 3.70. The number of aliphatic hydroxyl groups is 1. The number of esters is 1. The van der Waals surface area contributed by atoms with Crippen molar-refractivity contribution in [2.45, 2.75) is 32.8 Å². The van der Waals surface area contributed by atoms with Gasteiger partial charge in [-0.2, -0.15) is 0 Å². The monoisotopic (exact) mass is 288 g/mol. The summed E-state index contributed by atoms with van der Waals surface area (Å²) >= 11 is 5.94. The molecule has 1 rings (SSSR count). The molecule has 0 radical (unpaired) electrons. The number of rotatable bonds is 5. The third kappa shape index (κ3) is 3.45. The van der Waals surface area contributed by atoms with E-state index >= 15 is 0 Å². The lowest BCUT2D eigenvalue weighted by Gasteiger charge is -2.31. The van der Waals surface area contributed by atoms with Crippen LogP contribution in [0.2, 0.25) is 5.02 Å². The minimum Gasteiger partial charge on any atom is -0.466 e.